The highest BCUT2D eigenvalue weighted by molar-refractivity contribution is 9.10. The molecule has 1 atom stereocenters. The number of hydrogen-bond acceptors (Lipinski definition) is 3. The molecule has 0 amide bonds. The number of hydrogen-bond donors (Lipinski definition) is 0. The lowest BCUT2D eigenvalue weighted by atomic mass is 10.2. The minimum atomic E-state index is -0.0797. The second kappa shape index (κ2) is 4.45. The van der Waals surface area contributed by atoms with E-state index in [-0.39, 0.29) is 12.0 Å². The molecule has 1 saturated heterocycles. The Kier molecular flexibility index (Phi) is 3.21. The minimum Gasteiger partial charge on any atom is -0.356 e. The molecule has 0 aromatic carbocycles. The number of ketones is 1. The summed E-state index contributed by atoms with van der Waals surface area (Å²) < 4.78 is 7.96. The molecule has 0 N–H and O–H groups in total. The molecule has 5 heteroatoms. The van der Waals surface area contributed by atoms with Crippen LogP contribution >= 0.6 is 15.9 Å². The maximum atomic E-state index is 11.4. The average molecular weight is 273 g/mol. The highest BCUT2D eigenvalue weighted by Gasteiger charge is 2.21. The summed E-state index contributed by atoms with van der Waals surface area (Å²) in [5.74, 6) is 0.0161. The first-order chi connectivity index (χ1) is 7.18. The van der Waals surface area contributed by atoms with E-state index in [1.165, 1.54) is 0 Å². The molecule has 82 valence electrons. The van der Waals surface area contributed by atoms with Crippen molar-refractivity contribution in [1.29, 1.82) is 0 Å². The molecular formula is C10H13BrN2O2. The zero-order chi connectivity index (χ0) is 10.8. The van der Waals surface area contributed by atoms with Gasteiger partial charge in [-0.15, -0.1) is 0 Å². The lowest BCUT2D eigenvalue weighted by molar-refractivity contribution is -0.0406. The molecule has 0 radical (unpaired) electrons. The van der Waals surface area contributed by atoms with Gasteiger partial charge in [0.25, 0.3) is 0 Å². The van der Waals surface area contributed by atoms with Crippen molar-refractivity contribution in [1.82, 2.24) is 9.78 Å². The topological polar surface area (TPSA) is 44.1 Å². The standard InChI is InChI=1S/C10H13BrN2O2/c1-7(14)8-6-9(11)12-13(8)10-4-2-3-5-15-10/h6,10H,2-5H2,1H3. The van der Waals surface area contributed by atoms with Gasteiger partial charge in [-0.1, -0.05) is 0 Å². The summed E-state index contributed by atoms with van der Waals surface area (Å²) in [5.41, 5.74) is 0.605. The van der Waals surface area contributed by atoms with Crippen LogP contribution < -0.4 is 0 Å². The van der Waals surface area contributed by atoms with Crippen LogP contribution in [0.15, 0.2) is 10.7 Å². The Hall–Kier alpha value is -0.680. The fourth-order valence-corrected chi connectivity index (χ4v) is 2.15. The van der Waals surface area contributed by atoms with Crippen molar-refractivity contribution in [2.24, 2.45) is 0 Å². The second-order valence-electron chi connectivity index (χ2n) is 3.67. The van der Waals surface area contributed by atoms with Crippen molar-refractivity contribution < 1.29 is 9.53 Å². The van der Waals surface area contributed by atoms with E-state index in [2.05, 4.69) is 21.0 Å². The van der Waals surface area contributed by atoms with E-state index in [0.29, 0.717) is 10.3 Å². The van der Waals surface area contributed by atoms with Gasteiger partial charge in [-0.25, -0.2) is 4.68 Å². The maximum absolute atomic E-state index is 11.4. The third-order valence-corrected chi connectivity index (χ3v) is 2.88. The first-order valence-electron chi connectivity index (χ1n) is 5.06. The van der Waals surface area contributed by atoms with Gasteiger partial charge >= 0.3 is 0 Å². The summed E-state index contributed by atoms with van der Waals surface area (Å²) in [6.07, 6.45) is 3.06. The van der Waals surface area contributed by atoms with Crippen molar-refractivity contribution in [3.63, 3.8) is 0 Å². The molecule has 0 saturated carbocycles. The first kappa shape index (κ1) is 10.8. The number of ether oxygens (including phenoxy) is 1. The Morgan fingerprint density at radius 2 is 2.47 bits per heavy atom. The van der Waals surface area contributed by atoms with Crippen molar-refractivity contribution in [3.05, 3.63) is 16.4 Å². The highest BCUT2D eigenvalue weighted by Crippen LogP contribution is 2.25. The fraction of sp³-hybridized carbons (Fsp3) is 0.600. The van der Waals surface area contributed by atoms with Gasteiger partial charge in [-0.05, 0) is 35.2 Å². The van der Waals surface area contributed by atoms with Crippen LogP contribution in [-0.2, 0) is 4.74 Å². The highest BCUT2D eigenvalue weighted by atomic mass is 79.9. The minimum absolute atomic E-state index is 0.0161. The zero-order valence-corrected chi connectivity index (χ0v) is 10.2. The fourth-order valence-electron chi connectivity index (χ4n) is 1.76. The van der Waals surface area contributed by atoms with Gasteiger partial charge < -0.3 is 4.74 Å². The summed E-state index contributed by atoms with van der Waals surface area (Å²) in [4.78, 5) is 11.4. The van der Waals surface area contributed by atoms with E-state index in [4.69, 9.17) is 4.74 Å². The normalized spacial score (nSPS) is 21.6. The maximum Gasteiger partial charge on any atom is 0.177 e. The van der Waals surface area contributed by atoms with Gasteiger partial charge in [0.2, 0.25) is 0 Å². The summed E-state index contributed by atoms with van der Waals surface area (Å²) in [6, 6.07) is 1.74. The largest absolute Gasteiger partial charge is 0.356 e. The molecule has 4 nitrogen and oxygen atoms in total. The number of carbonyl (C=O) groups is 1. The molecule has 2 heterocycles. The molecule has 0 bridgehead atoms. The number of carbonyl (C=O) groups excluding carboxylic acids is 1. The third kappa shape index (κ3) is 2.29. The number of aromatic nitrogens is 2. The summed E-state index contributed by atoms with van der Waals surface area (Å²) in [5, 5.41) is 4.24. The van der Waals surface area contributed by atoms with Crippen LogP contribution in [0, 0.1) is 0 Å². The van der Waals surface area contributed by atoms with Gasteiger partial charge in [0.15, 0.2) is 12.0 Å². The molecule has 0 spiro atoms. The van der Waals surface area contributed by atoms with E-state index in [9.17, 15) is 4.79 Å². The summed E-state index contributed by atoms with van der Waals surface area (Å²) in [6.45, 7) is 2.29. The molecule has 1 aromatic heterocycles. The van der Waals surface area contributed by atoms with Gasteiger partial charge in [-0.2, -0.15) is 5.10 Å². The zero-order valence-electron chi connectivity index (χ0n) is 8.57. The van der Waals surface area contributed by atoms with Crippen molar-refractivity contribution >= 4 is 21.7 Å². The molecular weight excluding hydrogens is 260 g/mol. The van der Waals surface area contributed by atoms with E-state index < -0.39 is 0 Å². The molecule has 2 rings (SSSR count). The van der Waals surface area contributed by atoms with Crippen LogP contribution in [0.4, 0.5) is 0 Å². The lowest BCUT2D eigenvalue weighted by Gasteiger charge is -2.23. The third-order valence-electron chi connectivity index (χ3n) is 2.50. The Labute approximate surface area is 96.7 Å². The van der Waals surface area contributed by atoms with E-state index >= 15 is 0 Å². The van der Waals surface area contributed by atoms with E-state index in [1.807, 2.05) is 0 Å². The number of halogens is 1. The van der Waals surface area contributed by atoms with Gasteiger partial charge in [-0.3, -0.25) is 4.79 Å². The number of rotatable bonds is 2. The molecule has 1 unspecified atom stereocenters. The molecule has 1 aliphatic rings. The van der Waals surface area contributed by atoms with Crippen LogP contribution in [0.1, 0.15) is 42.9 Å². The van der Waals surface area contributed by atoms with Crippen LogP contribution in [0.3, 0.4) is 0 Å². The van der Waals surface area contributed by atoms with Crippen molar-refractivity contribution in [2.75, 3.05) is 6.61 Å². The predicted molar refractivity (Wildman–Crippen MR) is 58.8 cm³/mol. The SMILES string of the molecule is CC(=O)c1cc(Br)nn1C1CCCCO1. The molecule has 1 fully saturated rings. The van der Waals surface area contributed by atoms with Crippen molar-refractivity contribution in [3.8, 4) is 0 Å². The molecule has 0 aliphatic carbocycles. The molecule has 1 aromatic rings. The van der Waals surface area contributed by atoms with Gasteiger partial charge in [0.05, 0.1) is 0 Å². The summed E-state index contributed by atoms with van der Waals surface area (Å²) >= 11 is 3.28. The Morgan fingerprint density at radius 1 is 1.67 bits per heavy atom. The number of Topliss-reactive ketones (excluding diaryl/α,β-unsaturated/α-hetero) is 1. The quantitative estimate of drug-likeness (QED) is 0.778. The van der Waals surface area contributed by atoms with E-state index in [0.717, 1.165) is 25.9 Å². The van der Waals surface area contributed by atoms with Crippen molar-refractivity contribution in [2.45, 2.75) is 32.4 Å². The van der Waals surface area contributed by atoms with Crippen LogP contribution in [0.5, 0.6) is 0 Å². The molecule has 15 heavy (non-hydrogen) atoms. The summed E-state index contributed by atoms with van der Waals surface area (Å²) in [7, 11) is 0. The van der Waals surface area contributed by atoms with Gasteiger partial charge in [0, 0.05) is 19.6 Å². The van der Waals surface area contributed by atoms with Gasteiger partial charge in [0.1, 0.15) is 10.3 Å². The second-order valence-corrected chi connectivity index (χ2v) is 4.49. The predicted octanol–water partition coefficient (Wildman–Crippen LogP) is 2.55. The Bertz CT molecular complexity index is 369. The number of nitrogens with zero attached hydrogens (tertiary/aromatic N) is 2. The smallest absolute Gasteiger partial charge is 0.177 e. The van der Waals surface area contributed by atoms with E-state index in [1.54, 1.807) is 17.7 Å². The van der Waals surface area contributed by atoms with Crippen LogP contribution in [0.2, 0.25) is 0 Å². The molecule has 1 aliphatic heterocycles. The first-order valence-corrected chi connectivity index (χ1v) is 5.85. The van der Waals surface area contributed by atoms with Crippen LogP contribution in [-0.4, -0.2) is 22.2 Å². The Balaban J connectivity index is 2.28. The lowest BCUT2D eigenvalue weighted by Crippen LogP contribution is -2.22. The Morgan fingerprint density at radius 3 is 3.07 bits per heavy atom. The van der Waals surface area contributed by atoms with Crippen LogP contribution in [0.25, 0.3) is 0 Å². The average Bonchev–Trinajstić information content (AvgIpc) is 2.62. The monoisotopic (exact) mass is 272 g/mol.